The average molecular weight is 829 g/mol. The number of rotatable bonds is 11. The lowest BCUT2D eigenvalue weighted by Crippen LogP contribution is -2.62. The zero-order chi connectivity index (χ0) is 44.1. The molecule has 334 valence electrons. The van der Waals surface area contributed by atoms with E-state index in [4.69, 9.17) is 42.6 Å². The number of carbonyl (C=O) groups excluding carboxylic acids is 3. The lowest BCUT2D eigenvalue weighted by molar-refractivity contribution is -0.322. The fourth-order valence-corrected chi connectivity index (χ4v) is 9.27. The highest BCUT2D eigenvalue weighted by atomic mass is 16.7. The summed E-state index contributed by atoms with van der Waals surface area (Å²) in [6.45, 7) is 18.2. The molecule has 16 nitrogen and oxygen atoms in total. The topological polar surface area (TPSA) is 202 Å². The normalized spacial score (nSPS) is 44.9. The second-order valence-corrected chi connectivity index (χ2v) is 17.7. The van der Waals surface area contributed by atoms with E-state index in [0.29, 0.717) is 6.42 Å². The number of ketones is 1. The van der Waals surface area contributed by atoms with Crippen molar-refractivity contribution in [2.45, 2.75) is 186 Å². The molecule has 0 aromatic heterocycles. The van der Waals surface area contributed by atoms with Crippen LogP contribution >= 0.6 is 0 Å². The number of Topliss-reactive ketones (excluding diaryl/α,β-unsaturated/α-hetero) is 1. The van der Waals surface area contributed by atoms with Crippen molar-refractivity contribution in [3.05, 3.63) is 0 Å². The van der Waals surface area contributed by atoms with Gasteiger partial charge < -0.3 is 57.7 Å². The summed E-state index contributed by atoms with van der Waals surface area (Å²) in [6, 6.07) is 1.84. The van der Waals surface area contributed by atoms with Gasteiger partial charge in [-0.1, -0.05) is 27.7 Å². The van der Waals surface area contributed by atoms with Crippen molar-refractivity contribution in [3.63, 3.8) is 0 Å². The minimum atomic E-state index is -1.99. The van der Waals surface area contributed by atoms with Crippen LogP contribution in [0.4, 0.5) is 0 Å². The number of methoxy groups -OCH3 is 2. The van der Waals surface area contributed by atoms with Gasteiger partial charge in [-0.3, -0.25) is 14.4 Å². The maximum Gasteiger partial charge on any atom is 0.311 e. The lowest BCUT2D eigenvalue weighted by atomic mass is 9.74. The van der Waals surface area contributed by atoms with Crippen LogP contribution in [0.2, 0.25) is 0 Å². The van der Waals surface area contributed by atoms with Crippen LogP contribution in [0.15, 0.2) is 0 Å². The molecule has 16 heteroatoms. The molecule has 3 saturated heterocycles. The third kappa shape index (κ3) is 11.1. The average Bonchev–Trinajstić information content (AvgIpc) is 3.16. The Morgan fingerprint density at radius 1 is 0.931 bits per heavy atom. The zero-order valence-corrected chi connectivity index (χ0v) is 37.4. The summed E-state index contributed by atoms with van der Waals surface area (Å²) in [4.78, 5) is 42.6. The highest BCUT2D eigenvalue weighted by Crippen LogP contribution is 2.42. The number of likely N-dealkylation sites (N-methyl/N-ethyl adjacent to an activating group) is 1. The molecular formula is C42H72N2O14. The Labute approximate surface area is 345 Å². The van der Waals surface area contributed by atoms with Gasteiger partial charge in [0.05, 0.1) is 48.1 Å². The number of ether oxygens (including phenoxy) is 9. The molecule has 0 amide bonds. The molecule has 0 spiro atoms. The van der Waals surface area contributed by atoms with Crippen molar-refractivity contribution in [1.82, 2.24) is 4.90 Å². The summed E-state index contributed by atoms with van der Waals surface area (Å²) >= 11 is 0. The number of nitriles is 1. The monoisotopic (exact) mass is 828 g/mol. The number of hydrogen-bond donors (Lipinski definition) is 2. The van der Waals surface area contributed by atoms with Crippen molar-refractivity contribution >= 4 is 17.7 Å². The minimum absolute atomic E-state index is 0.0885. The molecule has 58 heavy (non-hydrogen) atoms. The summed E-state index contributed by atoms with van der Waals surface area (Å²) in [5.41, 5.74) is -4.33. The smallest absolute Gasteiger partial charge is 0.311 e. The Morgan fingerprint density at radius 2 is 1.53 bits per heavy atom. The van der Waals surface area contributed by atoms with E-state index >= 15 is 0 Å². The number of aliphatic hydroxyl groups is 2. The predicted molar refractivity (Wildman–Crippen MR) is 210 cm³/mol. The van der Waals surface area contributed by atoms with Crippen LogP contribution in [0.5, 0.6) is 0 Å². The number of cyclic esters (lactones) is 1. The van der Waals surface area contributed by atoms with Crippen molar-refractivity contribution < 1.29 is 67.2 Å². The Hall–Kier alpha value is -2.30. The van der Waals surface area contributed by atoms with Gasteiger partial charge >= 0.3 is 11.9 Å². The van der Waals surface area contributed by atoms with Crippen molar-refractivity contribution in [2.24, 2.45) is 23.7 Å². The third-order valence-corrected chi connectivity index (χ3v) is 12.8. The molecule has 3 aliphatic heterocycles. The molecule has 0 aromatic rings. The highest BCUT2D eigenvalue weighted by Gasteiger charge is 2.55. The van der Waals surface area contributed by atoms with Crippen molar-refractivity contribution in [1.29, 1.82) is 5.26 Å². The second-order valence-electron chi connectivity index (χ2n) is 17.7. The van der Waals surface area contributed by atoms with Crippen LogP contribution < -0.4 is 0 Å². The summed E-state index contributed by atoms with van der Waals surface area (Å²) in [6.07, 6.45) is -8.39. The molecular weight excluding hydrogens is 756 g/mol. The molecule has 3 aliphatic rings. The molecule has 0 aromatic carbocycles. The Bertz CT molecular complexity index is 1420. The van der Waals surface area contributed by atoms with Crippen LogP contribution in [0.25, 0.3) is 0 Å². The molecule has 18 atom stereocenters. The predicted octanol–water partition coefficient (Wildman–Crippen LogP) is 3.56. The van der Waals surface area contributed by atoms with E-state index < -0.39 is 108 Å². The van der Waals surface area contributed by atoms with Gasteiger partial charge in [0.1, 0.15) is 35.8 Å². The van der Waals surface area contributed by atoms with E-state index in [-0.39, 0.29) is 43.8 Å². The largest absolute Gasteiger partial charge is 0.459 e. The molecule has 0 unspecified atom stereocenters. The van der Waals surface area contributed by atoms with Gasteiger partial charge in [-0.25, -0.2) is 0 Å². The van der Waals surface area contributed by atoms with Gasteiger partial charge in [0.25, 0.3) is 0 Å². The van der Waals surface area contributed by atoms with Crippen LogP contribution in [0, 0.1) is 35.0 Å². The van der Waals surface area contributed by atoms with E-state index in [1.807, 2.05) is 32.8 Å². The van der Waals surface area contributed by atoms with E-state index in [2.05, 4.69) is 6.07 Å². The number of esters is 2. The van der Waals surface area contributed by atoms with Gasteiger partial charge in [0.2, 0.25) is 0 Å². The van der Waals surface area contributed by atoms with E-state index in [1.54, 1.807) is 48.5 Å². The van der Waals surface area contributed by atoms with Gasteiger partial charge in [-0.15, -0.1) is 0 Å². The molecule has 0 radical (unpaired) electrons. The Kier molecular flexibility index (Phi) is 17.7. The second kappa shape index (κ2) is 20.5. The van der Waals surface area contributed by atoms with Crippen LogP contribution in [-0.2, 0) is 57.0 Å². The van der Waals surface area contributed by atoms with Gasteiger partial charge in [-0.05, 0) is 74.9 Å². The fourth-order valence-electron chi connectivity index (χ4n) is 9.27. The van der Waals surface area contributed by atoms with Crippen LogP contribution in [-0.4, -0.2) is 152 Å². The standard InChI is InChI=1S/C42H72N2O14/c1-16-30-42(11,49)35(47)24(4)32(46)22(2)20-40(9,50-14)36(58-39-34(52-18-17-43)29(44(12)13)19-23(3)53-39)25(5)33(26(6)38(48)56-30)57-31-21-41(10,51-15)37(27(7)54-31)55-28(8)45/h22-27,29-31,33-37,39,47,49H,16,18-21H2,1-15H3/t22-,23-,24+,25+,26-,27+,29+,30-,31+,33+,34-,35-,36-,37+,39+,40+,41-,42-/m1/s1. The molecule has 3 fully saturated rings. The number of nitrogens with zero attached hydrogens (tertiary/aromatic N) is 2. The minimum Gasteiger partial charge on any atom is -0.459 e. The summed E-state index contributed by atoms with van der Waals surface area (Å²) in [7, 11) is 6.85. The quantitative estimate of drug-likeness (QED) is 0.286. The zero-order valence-electron chi connectivity index (χ0n) is 37.4. The Morgan fingerprint density at radius 3 is 2.07 bits per heavy atom. The number of carbonyl (C=O) groups is 3. The van der Waals surface area contributed by atoms with Crippen LogP contribution in [0.1, 0.15) is 102 Å². The number of aliphatic hydroxyl groups excluding tert-OH is 1. The summed E-state index contributed by atoms with van der Waals surface area (Å²) < 4.78 is 56.8. The highest BCUT2D eigenvalue weighted by molar-refractivity contribution is 5.83. The molecule has 0 aliphatic carbocycles. The maximum atomic E-state index is 14.4. The van der Waals surface area contributed by atoms with Gasteiger partial charge in [-0.2, -0.15) is 5.26 Å². The first-order valence-corrected chi connectivity index (χ1v) is 20.6. The van der Waals surface area contributed by atoms with Crippen LogP contribution in [0.3, 0.4) is 0 Å². The fraction of sp³-hybridized carbons (Fsp3) is 0.905. The molecule has 3 rings (SSSR count). The van der Waals surface area contributed by atoms with E-state index in [1.165, 1.54) is 28.1 Å². The third-order valence-electron chi connectivity index (χ3n) is 12.8. The molecule has 0 bridgehead atoms. The first-order chi connectivity index (χ1) is 26.9. The SMILES string of the molecule is CC[C@H]1OC(=O)[C@H](C)[C@@H](O[C@H]2C[C@@](C)(OC)[C@@H](OC(C)=O)[C@H](C)O2)[C@H](C)[C@@H](O[C@@H]2O[C@H](C)C[C@H](N(C)C)[C@H]2OCC#N)[C@@](C)(OC)C[C@@H](C)C(=O)[C@H](C)[C@@H](O)[C@]1(C)O. The lowest BCUT2D eigenvalue weighted by Gasteiger charge is -2.50. The van der Waals surface area contributed by atoms with Crippen molar-refractivity contribution in [3.8, 4) is 6.07 Å². The van der Waals surface area contributed by atoms with E-state index in [9.17, 15) is 29.9 Å². The first-order valence-electron chi connectivity index (χ1n) is 20.6. The van der Waals surface area contributed by atoms with Gasteiger partial charge in [0, 0.05) is 51.4 Å². The summed E-state index contributed by atoms with van der Waals surface area (Å²) in [5.74, 6) is -5.14. The molecule has 2 N–H and O–H groups in total. The molecule has 0 saturated carbocycles. The molecule has 3 heterocycles. The maximum absolute atomic E-state index is 14.4. The summed E-state index contributed by atoms with van der Waals surface area (Å²) in [5, 5.41) is 32.8. The first kappa shape index (κ1) is 50.1. The Balaban J connectivity index is 2.27. The van der Waals surface area contributed by atoms with E-state index in [0.717, 1.165) is 0 Å². The van der Waals surface area contributed by atoms with Gasteiger partial charge in [0.15, 0.2) is 18.7 Å². The van der Waals surface area contributed by atoms with Crippen molar-refractivity contribution in [2.75, 3.05) is 34.9 Å². The number of hydrogen-bond acceptors (Lipinski definition) is 16.